The van der Waals surface area contributed by atoms with Gasteiger partial charge in [-0.05, 0) is 30.7 Å². The monoisotopic (exact) mass is 386 g/mol. The molecule has 0 aliphatic heterocycles. The second-order valence-electron chi connectivity index (χ2n) is 6.05. The Balaban J connectivity index is 1.68. The first-order valence-electron chi connectivity index (χ1n) is 7.90. The van der Waals surface area contributed by atoms with E-state index in [1.165, 1.54) is 6.07 Å². The van der Waals surface area contributed by atoms with E-state index in [4.69, 9.17) is 0 Å². The molecule has 3 rings (SSSR count). The molecular weight excluding hydrogens is 371 g/mol. The molecule has 1 amide bonds. The zero-order valence-corrected chi connectivity index (χ0v) is 14.1. The highest BCUT2D eigenvalue weighted by molar-refractivity contribution is 5.93. The lowest BCUT2D eigenvalue weighted by Gasteiger charge is -2.07. The average molecular weight is 386 g/mol. The quantitative estimate of drug-likeness (QED) is 0.673. The minimum Gasteiger partial charge on any atom is -0.348 e. The highest BCUT2D eigenvalue weighted by Gasteiger charge is 2.28. The summed E-state index contributed by atoms with van der Waals surface area (Å²) < 4.78 is 64.6. The van der Waals surface area contributed by atoms with Crippen LogP contribution >= 0.6 is 0 Å². The number of halogens is 5. The second kappa shape index (κ2) is 7.01. The largest absolute Gasteiger partial charge is 0.408 e. The van der Waals surface area contributed by atoms with E-state index >= 15 is 0 Å². The first kappa shape index (κ1) is 18.9. The predicted molar refractivity (Wildman–Crippen MR) is 87.4 cm³/mol. The van der Waals surface area contributed by atoms with E-state index in [1.54, 1.807) is 25.1 Å². The maximum absolute atomic E-state index is 13.1. The van der Waals surface area contributed by atoms with Gasteiger partial charge in [0, 0.05) is 23.8 Å². The van der Waals surface area contributed by atoms with Gasteiger partial charge in [0.15, 0.2) is 0 Å². The molecule has 0 spiro atoms. The minimum absolute atomic E-state index is 0.0000239. The summed E-state index contributed by atoms with van der Waals surface area (Å²) in [7, 11) is 0. The molecule has 0 aliphatic rings. The molecule has 27 heavy (non-hydrogen) atoms. The molecule has 2 aromatic heterocycles. The Labute approximate surface area is 150 Å². The van der Waals surface area contributed by atoms with Crippen LogP contribution in [0.2, 0.25) is 0 Å². The van der Waals surface area contributed by atoms with E-state index in [2.05, 4.69) is 10.4 Å². The first-order valence-corrected chi connectivity index (χ1v) is 7.90. The summed E-state index contributed by atoms with van der Waals surface area (Å²) in [4.78, 5) is 12.1. The minimum atomic E-state index is -4.43. The van der Waals surface area contributed by atoms with Gasteiger partial charge in [0.05, 0.1) is 17.3 Å². The number of benzene rings is 1. The van der Waals surface area contributed by atoms with Gasteiger partial charge in [0.25, 0.3) is 5.91 Å². The lowest BCUT2D eigenvalue weighted by atomic mass is 10.1. The van der Waals surface area contributed by atoms with Crippen LogP contribution in [-0.4, -0.2) is 26.4 Å². The van der Waals surface area contributed by atoms with Crippen LogP contribution in [-0.2, 0) is 13.1 Å². The smallest absolute Gasteiger partial charge is 0.348 e. The van der Waals surface area contributed by atoms with Crippen LogP contribution in [0.25, 0.3) is 10.9 Å². The van der Waals surface area contributed by atoms with Crippen molar-refractivity contribution in [3.63, 3.8) is 0 Å². The number of fused-ring (bicyclic) bond motifs is 1. The van der Waals surface area contributed by atoms with Crippen molar-refractivity contribution >= 4 is 16.8 Å². The van der Waals surface area contributed by atoms with Crippen LogP contribution in [0.4, 0.5) is 22.0 Å². The van der Waals surface area contributed by atoms with Crippen molar-refractivity contribution in [1.29, 1.82) is 0 Å². The van der Waals surface area contributed by atoms with Crippen LogP contribution in [0.15, 0.2) is 36.7 Å². The van der Waals surface area contributed by atoms with Crippen molar-refractivity contribution in [1.82, 2.24) is 19.7 Å². The van der Waals surface area contributed by atoms with Crippen LogP contribution < -0.4 is 5.32 Å². The van der Waals surface area contributed by atoms with E-state index in [-0.39, 0.29) is 12.1 Å². The van der Waals surface area contributed by atoms with Gasteiger partial charge in [0.1, 0.15) is 6.54 Å². The van der Waals surface area contributed by atoms with Crippen LogP contribution in [0.1, 0.15) is 28.2 Å². The molecule has 0 radical (unpaired) electrons. The first-order chi connectivity index (χ1) is 12.6. The average Bonchev–Trinajstić information content (AvgIpc) is 3.13. The Morgan fingerprint density at radius 3 is 2.67 bits per heavy atom. The molecule has 0 saturated carbocycles. The zero-order chi connectivity index (χ0) is 19.8. The molecular formula is C17H15F5N4O. The zero-order valence-electron chi connectivity index (χ0n) is 14.1. The number of carbonyl (C=O) groups excluding carboxylic acids is 1. The fourth-order valence-electron chi connectivity index (χ4n) is 2.83. The van der Waals surface area contributed by atoms with Gasteiger partial charge in [-0.2, -0.15) is 27.1 Å². The molecule has 0 unspecified atom stereocenters. The molecule has 0 saturated heterocycles. The highest BCUT2D eigenvalue weighted by Crippen LogP contribution is 2.26. The molecule has 3 aromatic rings. The number of hydrogen-bond acceptors (Lipinski definition) is 2. The lowest BCUT2D eigenvalue weighted by molar-refractivity contribution is -0.142. The topological polar surface area (TPSA) is 51.9 Å². The summed E-state index contributed by atoms with van der Waals surface area (Å²) in [5.74, 6) is -0.579. The molecule has 10 heteroatoms. The SMILES string of the molecule is Cc1cc2cc(CNC(=O)c3cnn(CC(F)(F)F)c3)ccc2n1C(F)F. The Bertz CT molecular complexity index is 974. The third kappa shape index (κ3) is 4.26. The van der Waals surface area contributed by atoms with E-state index < -0.39 is 25.2 Å². The molecule has 5 nitrogen and oxygen atoms in total. The van der Waals surface area contributed by atoms with Gasteiger partial charge in [-0.15, -0.1) is 0 Å². The van der Waals surface area contributed by atoms with Crippen molar-refractivity contribution in [2.75, 3.05) is 0 Å². The maximum atomic E-state index is 13.1. The molecule has 0 atom stereocenters. The predicted octanol–water partition coefficient (Wildman–Crippen LogP) is 4.03. The van der Waals surface area contributed by atoms with Crippen molar-refractivity contribution in [3.05, 3.63) is 53.5 Å². The third-order valence-corrected chi connectivity index (χ3v) is 3.98. The van der Waals surface area contributed by atoms with E-state index in [1.807, 2.05) is 0 Å². The number of amides is 1. The summed E-state index contributed by atoms with van der Waals surface area (Å²) in [6.45, 7) is -2.26. The van der Waals surface area contributed by atoms with Gasteiger partial charge in [-0.1, -0.05) is 6.07 Å². The molecule has 0 bridgehead atoms. The number of hydrogen-bond donors (Lipinski definition) is 1. The van der Waals surface area contributed by atoms with Crippen LogP contribution in [0.3, 0.4) is 0 Å². The number of aromatic nitrogens is 3. The van der Waals surface area contributed by atoms with Gasteiger partial charge in [-0.3, -0.25) is 14.0 Å². The van der Waals surface area contributed by atoms with E-state index in [0.717, 1.165) is 17.0 Å². The van der Waals surface area contributed by atoms with Crippen molar-refractivity contribution in [2.24, 2.45) is 0 Å². The molecule has 2 heterocycles. The molecule has 1 N–H and O–H groups in total. The number of nitrogens with zero attached hydrogens (tertiary/aromatic N) is 3. The highest BCUT2D eigenvalue weighted by atomic mass is 19.4. The Kier molecular flexibility index (Phi) is 4.90. The van der Waals surface area contributed by atoms with Crippen molar-refractivity contribution < 1.29 is 26.7 Å². The third-order valence-electron chi connectivity index (χ3n) is 3.98. The summed E-state index contributed by atoms with van der Waals surface area (Å²) in [6, 6.07) is 6.44. The maximum Gasteiger partial charge on any atom is 0.408 e. The van der Waals surface area contributed by atoms with E-state index in [0.29, 0.717) is 26.8 Å². The van der Waals surface area contributed by atoms with Gasteiger partial charge >= 0.3 is 12.7 Å². The van der Waals surface area contributed by atoms with Crippen LogP contribution in [0, 0.1) is 6.92 Å². The summed E-state index contributed by atoms with van der Waals surface area (Å²) >= 11 is 0. The Morgan fingerprint density at radius 1 is 1.26 bits per heavy atom. The number of alkyl halides is 5. The lowest BCUT2D eigenvalue weighted by Crippen LogP contribution is -2.22. The van der Waals surface area contributed by atoms with Crippen molar-refractivity contribution in [2.45, 2.75) is 32.7 Å². The second-order valence-corrected chi connectivity index (χ2v) is 6.05. The fourth-order valence-corrected chi connectivity index (χ4v) is 2.83. The normalized spacial score (nSPS) is 12.1. The Hall–Kier alpha value is -2.91. The summed E-state index contributed by atoms with van der Waals surface area (Å²) in [5.41, 5.74) is 1.47. The van der Waals surface area contributed by atoms with Crippen LogP contribution in [0.5, 0.6) is 0 Å². The van der Waals surface area contributed by atoms with E-state index in [9.17, 15) is 26.7 Å². The summed E-state index contributed by atoms with van der Waals surface area (Å²) in [6.07, 6.45) is -2.36. The Morgan fingerprint density at radius 2 is 2.00 bits per heavy atom. The molecule has 144 valence electrons. The van der Waals surface area contributed by atoms with Gasteiger partial charge in [-0.25, -0.2) is 0 Å². The number of aryl methyl sites for hydroxylation is 1. The molecule has 1 aromatic carbocycles. The molecule has 0 aliphatic carbocycles. The molecule has 0 fully saturated rings. The number of carbonyl (C=O) groups is 1. The number of nitrogens with one attached hydrogen (secondary N) is 1. The number of rotatable bonds is 5. The van der Waals surface area contributed by atoms with Gasteiger partial charge < -0.3 is 5.32 Å². The summed E-state index contributed by atoms with van der Waals surface area (Å²) in [5, 5.41) is 6.69. The van der Waals surface area contributed by atoms with Crippen molar-refractivity contribution in [3.8, 4) is 0 Å². The standard InChI is InChI=1S/C17H15F5N4O/c1-10-4-12-5-11(2-3-14(12)26(10)16(18)19)6-23-15(27)13-7-24-25(8-13)9-17(20,21)22/h2-5,7-8,16H,6,9H2,1H3,(H,23,27). The fraction of sp³-hybridized carbons (Fsp3) is 0.294. The van der Waals surface area contributed by atoms with Gasteiger partial charge in [0.2, 0.25) is 0 Å².